The molecule has 2 atom stereocenters. The van der Waals surface area contributed by atoms with Gasteiger partial charge < -0.3 is 10.6 Å². The van der Waals surface area contributed by atoms with Gasteiger partial charge in [-0.2, -0.15) is 0 Å². The lowest BCUT2D eigenvalue weighted by Crippen LogP contribution is -2.34. The van der Waals surface area contributed by atoms with Crippen LogP contribution in [0.5, 0.6) is 0 Å². The summed E-state index contributed by atoms with van der Waals surface area (Å²) in [6.45, 7) is 8.86. The number of rotatable bonds is 8. The fourth-order valence-corrected chi connectivity index (χ4v) is 1.81. The van der Waals surface area contributed by atoms with Crippen molar-refractivity contribution in [3.05, 3.63) is 0 Å². The first-order chi connectivity index (χ1) is 6.65. The van der Waals surface area contributed by atoms with Crippen molar-refractivity contribution in [2.24, 2.45) is 11.7 Å². The van der Waals surface area contributed by atoms with Gasteiger partial charge in [-0.25, -0.2) is 0 Å². The number of nitrogens with two attached hydrogens (primary N) is 1. The predicted octanol–water partition coefficient (Wildman–Crippen LogP) is 2.48. The first-order valence-electron chi connectivity index (χ1n) is 6.05. The summed E-state index contributed by atoms with van der Waals surface area (Å²) in [5.74, 6) is 0.847. The third kappa shape index (κ3) is 5.61. The van der Waals surface area contributed by atoms with E-state index < -0.39 is 0 Å². The zero-order chi connectivity index (χ0) is 11.0. The van der Waals surface area contributed by atoms with E-state index in [-0.39, 0.29) is 0 Å². The molecule has 0 radical (unpaired) electrons. The van der Waals surface area contributed by atoms with E-state index in [1.807, 2.05) is 0 Å². The normalized spacial score (nSPS) is 15.9. The molecule has 0 aromatic rings. The van der Waals surface area contributed by atoms with E-state index in [0.29, 0.717) is 0 Å². The molecule has 86 valence electrons. The Hall–Kier alpha value is -0.0800. The van der Waals surface area contributed by atoms with Crippen LogP contribution in [0.4, 0.5) is 0 Å². The Morgan fingerprint density at radius 3 is 2.29 bits per heavy atom. The molecule has 0 heterocycles. The second-order valence-corrected chi connectivity index (χ2v) is 4.43. The van der Waals surface area contributed by atoms with Crippen molar-refractivity contribution < 1.29 is 0 Å². The Morgan fingerprint density at radius 2 is 1.86 bits per heavy atom. The number of nitrogens with zero attached hydrogens (tertiary/aromatic N) is 1. The smallest absolute Gasteiger partial charge is 0.00921 e. The van der Waals surface area contributed by atoms with E-state index in [0.717, 1.165) is 31.5 Å². The molecule has 0 spiro atoms. The van der Waals surface area contributed by atoms with Crippen LogP contribution in [0.15, 0.2) is 0 Å². The highest BCUT2D eigenvalue weighted by Gasteiger charge is 2.14. The molecular weight excluding hydrogens is 172 g/mol. The van der Waals surface area contributed by atoms with Gasteiger partial charge in [0, 0.05) is 6.04 Å². The van der Waals surface area contributed by atoms with Gasteiger partial charge in [-0.15, -0.1) is 0 Å². The molecule has 0 aromatic carbocycles. The molecule has 2 heteroatoms. The summed E-state index contributed by atoms with van der Waals surface area (Å²) >= 11 is 0. The third-order valence-corrected chi connectivity index (χ3v) is 3.18. The van der Waals surface area contributed by atoms with Crippen LogP contribution in [0.2, 0.25) is 0 Å². The van der Waals surface area contributed by atoms with E-state index in [1.165, 1.54) is 19.3 Å². The van der Waals surface area contributed by atoms with Crippen molar-refractivity contribution in [3.63, 3.8) is 0 Å². The van der Waals surface area contributed by atoms with Gasteiger partial charge in [0.1, 0.15) is 0 Å². The van der Waals surface area contributed by atoms with Gasteiger partial charge in [0.15, 0.2) is 0 Å². The maximum Gasteiger partial charge on any atom is 0.00921 e. The van der Waals surface area contributed by atoms with Gasteiger partial charge in [-0.05, 0) is 45.3 Å². The first-order valence-corrected chi connectivity index (χ1v) is 6.05. The molecule has 0 saturated heterocycles. The standard InChI is InChI=1S/C12H28N2/c1-5-11(3)10-12(6-2)14(4)9-7-8-13/h11-12H,5-10,13H2,1-4H3. The SMILES string of the molecule is CCC(C)CC(CC)N(C)CCCN. The minimum atomic E-state index is 0.747. The lowest BCUT2D eigenvalue weighted by atomic mass is 9.97. The second kappa shape index (κ2) is 8.25. The van der Waals surface area contributed by atoms with E-state index >= 15 is 0 Å². The van der Waals surface area contributed by atoms with Crippen LogP contribution >= 0.6 is 0 Å². The Labute approximate surface area is 89.9 Å². The van der Waals surface area contributed by atoms with Crippen molar-refractivity contribution in [1.82, 2.24) is 4.90 Å². The molecule has 0 amide bonds. The average molecular weight is 200 g/mol. The molecule has 2 N–H and O–H groups in total. The van der Waals surface area contributed by atoms with Crippen LogP contribution in [-0.2, 0) is 0 Å². The summed E-state index contributed by atoms with van der Waals surface area (Å²) in [6, 6.07) is 0.747. The lowest BCUT2D eigenvalue weighted by Gasteiger charge is -2.29. The molecule has 0 bridgehead atoms. The van der Waals surface area contributed by atoms with Crippen molar-refractivity contribution in [2.45, 2.75) is 52.5 Å². The maximum absolute atomic E-state index is 5.52. The van der Waals surface area contributed by atoms with Crippen molar-refractivity contribution >= 4 is 0 Å². The topological polar surface area (TPSA) is 29.3 Å². The van der Waals surface area contributed by atoms with Crippen molar-refractivity contribution in [1.29, 1.82) is 0 Å². The van der Waals surface area contributed by atoms with Gasteiger partial charge in [-0.1, -0.05) is 27.2 Å². The quantitative estimate of drug-likeness (QED) is 0.652. The lowest BCUT2D eigenvalue weighted by molar-refractivity contribution is 0.201. The van der Waals surface area contributed by atoms with Crippen LogP contribution < -0.4 is 5.73 Å². The highest BCUT2D eigenvalue weighted by molar-refractivity contribution is 4.70. The van der Waals surface area contributed by atoms with Gasteiger partial charge >= 0.3 is 0 Å². The average Bonchev–Trinajstić information content (AvgIpc) is 2.21. The van der Waals surface area contributed by atoms with Crippen LogP contribution in [-0.4, -0.2) is 31.1 Å². The second-order valence-electron chi connectivity index (χ2n) is 4.43. The van der Waals surface area contributed by atoms with Gasteiger partial charge in [0.25, 0.3) is 0 Å². The maximum atomic E-state index is 5.52. The monoisotopic (exact) mass is 200 g/mol. The molecule has 0 aliphatic heterocycles. The molecule has 0 aliphatic rings. The number of hydrogen-bond donors (Lipinski definition) is 1. The van der Waals surface area contributed by atoms with Crippen molar-refractivity contribution in [2.75, 3.05) is 20.1 Å². The summed E-state index contributed by atoms with van der Waals surface area (Å²) in [7, 11) is 2.23. The number of hydrogen-bond acceptors (Lipinski definition) is 2. The molecule has 0 rings (SSSR count). The van der Waals surface area contributed by atoms with E-state index in [9.17, 15) is 0 Å². The predicted molar refractivity (Wildman–Crippen MR) is 64.5 cm³/mol. The van der Waals surface area contributed by atoms with E-state index in [4.69, 9.17) is 5.73 Å². The highest BCUT2D eigenvalue weighted by Crippen LogP contribution is 2.16. The minimum absolute atomic E-state index is 0.747. The first kappa shape index (κ1) is 13.9. The Bertz CT molecular complexity index is 125. The van der Waals surface area contributed by atoms with E-state index in [2.05, 4.69) is 32.7 Å². The molecule has 2 unspecified atom stereocenters. The summed E-state index contributed by atoms with van der Waals surface area (Å²) in [5.41, 5.74) is 5.52. The summed E-state index contributed by atoms with van der Waals surface area (Å²) in [4.78, 5) is 2.47. The fourth-order valence-electron chi connectivity index (χ4n) is 1.81. The van der Waals surface area contributed by atoms with E-state index in [1.54, 1.807) is 0 Å². The molecule has 0 aliphatic carbocycles. The van der Waals surface area contributed by atoms with Gasteiger partial charge in [0.05, 0.1) is 0 Å². The largest absolute Gasteiger partial charge is 0.330 e. The Kier molecular flexibility index (Phi) is 8.20. The molecular formula is C12H28N2. The molecule has 14 heavy (non-hydrogen) atoms. The van der Waals surface area contributed by atoms with Crippen molar-refractivity contribution in [3.8, 4) is 0 Å². The molecule has 2 nitrogen and oxygen atoms in total. The Morgan fingerprint density at radius 1 is 1.21 bits per heavy atom. The third-order valence-electron chi connectivity index (χ3n) is 3.18. The van der Waals surface area contributed by atoms with Crippen LogP contribution in [0.3, 0.4) is 0 Å². The highest BCUT2D eigenvalue weighted by atomic mass is 15.1. The fraction of sp³-hybridized carbons (Fsp3) is 1.00. The summed E-state index contributed by atoms with van der Waals surface area (Å²) < 4.78 is 0. The molecule has 0 saturated carbocycles. The zero-order valence-electron chi connectivity index (χ0n) is 10.4. The van der Waals surface area contributed by atoms with Crippen LogP contribution in [0.1, 0.15) is 46.5 Å². The van der Waals surface area contributed by atoms with Crippen LogP contribution in [0.25, 0.3) is 0 Å². The molecule has 0 aromatic heterocycles. The molecule has 0 fully saturated rings. The van der Waals surface area contributed by atoms with Gasteiger partial charge in [-0.3, -0.25) is 0 Å². The van der Waals surface area contributed by atoms with Crippen LogP contribution in [0, 0.1) is 5.92 Å². The Balaban J connectivity index is 3.85. The zero-order valence-corrected chi connectivity index (χ0v) is 10.4. The summed E-state index contributed by atoms with van der Waals surface area (Å²) in [5, 5.41) is 0. The van der Waals surface area contributed by atoms with Gasteiger partial charge in [0.2, 0.25) is 0 Å². The minimum Gasteiger partial charge on any atom is -0.330 e. The summed E-state index contributed by atoms with van der Waals surface area (Å²) in [6.07, 6.45) is 4.99.